The van der Waals surface area contributed by atoms with Gasteiger partial charge < -0.3 is 4.42 Å². The van der Waals surface area contributed by atoms with Gasteiger partial charge in [0, 0.05) is 0 Å². The van der Waals surface area contributed by atoms with E-state index in [1.54, 1.807) is 30.3 Å². The number of carbonyl (C=O) groups excluding carboxylic acids is 1. The van der Waals surface area contributed by atoms with Crippen molar-refractivity contribution in [1.82, 2.24) is 4.98 Å². The first-order chi connectivity index (χ1) is 10.9. The second-order valence-electron chi connectivity index (χ2n) is 4.49. The van der Waals surface area contributed by atoms with Crippen LogP contribution in [0.3, 0.4) is 0 Å². The molecule has 2 aromatic heterocycles. The molecular weight excluding hydrogens is 329 g/mol. The predicted octanol–water partition coefficient (Wildman–Crippen LogP) is 4.67. The molecule has 0 fully saturated rings. The van der Waals surface area contributed by atoms with Crippen molar-refractivity contribution >= 4 is 22.4 Å². The van der Waals surface area contributed by atoms with E-state index in [-0.39, 0.29) is 15.8 Å². The van der Waals surface area contributed by atoms with Crippen LogP contribution in [0.15, 0.2) is 53.1 Å². The maximum absolute atomic E-state index is 13.2. The minimum Gasteiger partial charge on any atom is -0.459 e. The van der Waals surface area contributed by atoms with E-state index in [1.807, 2.05) is 0 Å². The monoisotopic (exact) mass is 338 g/mol. The summed E-state index contributed by atoms with van der Waals surface area (Å²) in [6.07, 6.45) is -3.32. The number of benzene rings is 1. The minimum absolute atomic E-state index is 0.00461. The van der Waals surface area contributed by atoms with Crippen LogP contribution in [0.4, 0.5) is 18.3 Å². The number of nitrogens with zero attached hydrogens (tertiary/aromatic N) is 1. The van der Waals surface area contributed by atoms with Crippen molar-refractivity contribution in [3.8, 4) is 10.4 Å². The fourth-order valence-electron chi connectivity index (χ4n) is 1.92. The Morgan fingerprint density at radius 3 is 2.48 bits per heavy atom. The van der Waals surface area contributed by atoms with Crippen LogP contribution in [0, 0.1) is 0 Å². The highest BCUT2D eigenvalue weighted by molar-refractivity contribution is 7.19. The first-order valence-corrected chi connectivity index (χ1v) is 7.25. The molecule has 0 spiro atoms. The number of nitrogens with one attached hydrogen (secondary N) is 1. The largest absolute Gasteiger partial charge is 0.459 e. The van der Waals surface area contributed by atoms with Gasteiger partial charge >= 0.3 is 6.18 Å². The number of alkyl halides is 3. The Kier molecular flexibility index (Phi) is 3.91. The molecule has 0 bridgehead atoms. The Labute approximate surface area is 132 Å². The number of carbonyl (C=O) groups is 1. The van der Waals surface area contributed by atoms with Crippen LogP contribution in [0.5, 0.6) is 0 Å². The Morgan fingerprint density at radius 1 is 1.13 bits per heavy atom. The third-order valence-electron chi connectivity index (χ3n) is 2.90. The summed E-state index contributed by atoms with van der Waals surface area (Å²) in [6, 6.07) is 11.0. The Balaban J connectivity index is 1.97. The number of halogens is 3. The van der Waals surface area contributed by atoms with Crippen molar-refractivity contribution in [2.24, 2.45) is 0 Å². The molecule has 0 aliphatic carbocycles. The topological polar surface area (TPSA) is 55.1 Å². The third kappa shape index (κ3) is 3.26. The van der Waals surface area contributed by atoms with Gasteiger partial charge in [0.25, 0.3) is 5.91 Å². The second kappa shape index (κ2) is 5.88. The lowest BCUT2D eigenvalue weighted by atomic mass is 10.1. The van der Waals surface area contributed by atoms with Gasteiger partial charge in [-0.2, -0.15) is 13.2 Å². The number of hydrogen-bond acceptors (Lipinski definition) is 4. The Morgan fingerprint density at radius 2 is 1.87 bits per heavy atom. The van der Waals surface area contributed by atoms with E-state index < -0.39 is 17.8 Å². The van der Waals surface area contributed by atoms with E-state index in [0.717, 1.165) is 11.3 Å². The van der Waals surface area contributed by atoms with Gasteiger partial charge in [0.15, 0.2) is 16.6 Å². The summed E-state index contributed by atoms with van der Waals surface area (Å²) < 4.78 is 44.4. The summed E-state index contributed by atoms with van der Waals surface area (Å²) in [5.41, 5.74) is -0.640. The molecule has 0 aliphatic heterocycles. The molecule has 0 saturated heterocycles. The summed E-state index contributed by atoms with van der Waals surface area (Å²) >= 11 is 0.760. The zero-order chi connectivity index (χ0) is 16.4. The van der Waals surface area contributed by atoms with Crippen molar-refractivity contribution in [3.05, 3.63) is 60.2 Å². The molecule has 1 N–H and O–H groups in total. The van der Waals surface area contributed by atoms with Crippen LogP contribution in [-0.2, 0) is 6.18 Å². The number of rotatable bonds is 3. The zero-order valence-corrected chi connectivity index (χ0v) is 12.2. The van der Waals surface area contributed by atoms with E-state index >= 15 is 0 Å². The fraction of sp³-hybridized carbons (Fsp3) is 0.0667. The molecule has 2 heterocycles. The smallest absolute Gasteiger partial charge is 0.434 e. The Bertz CT molecular complexity index is 811. The molecule has 0 saturated carbocycles. The van der Waals surface area contributed by atoms with Gasteiger partial charge in [-0.25, -0.2) is 4.98 Å². The van der Waals surface area contributed by atoms with Crippen LogP contribution in [-0.4, -0.2) is 10.9 Å². The summed E-state index contributed by atoms with van der Waals surface area (Å²) in [4.78, 5) is 15.3. The number of thiazole rings is 1. The van der Waals surface area contributed by atoms with Crippen LogP contribution >= 0.6 is 11.3 Å². The minimum atomic E-state index is -4.62. The lowest BCUT2D eigenvalue weighted by Crippen LogP contribution is -2.12. The molecular formula is C15H9F3N2O2S. The standard InChI is InChI=1S/C15H9F3N2O2S/c16-15(17,18)12-11(9-5-2-1-3-6-9)23-14(19-12)20-13(21)10-7-4-8-22-10/h1-8H,(H,19,20,21). The van der Waals surface area contributed by atoms with E-state index in [4.69, 9.17) is 4.42 Å². The van der Waals surface area contributed by atoms with Crippen molar-refractivity contribution in [1.29, 1.82) is 0 Å². The number of hydrogen-bond donors (Lipinski definition) is 1. The Hall–Kier alpha value is -2.61. The molecule has 0 atom stereocenters. The van der Waals surface area contributed by atoms with E-state index in [9.17, 15) is 18.0 Å². The number of furan rings is 1. The van der Waals surface area contributed by atoms with Gasteiger partial charge in [0.05, 0.1) is 11.1 Å². The number of amides is 1. The van der Waals surface area contributed by atoms with Crippen LogP contribution in [0.25, 0.3) is 10.4 Å². The summed E-state index contributed by atoms with van der Waals surface area (Å²) in [5, 5.41) is 2.18. The van der Waals surface area contributed by atoms with Crippen molar-refractivity contribution < 1.29 is 22.4 Å². The van der Waals surface area contributed by atoms with Gasteiger partial charge in [0.1, 0.15) is 0 Å². The molecule has 23 heavy (non-hydrogen) atoms. The normalized spacial score (nSPS) is 11.4. The van der Waals surface area contributed by atoms with Crippen molar-refractivity contribution in [3.63, 3.8) is 0 Å². The molecule has 3 aromatic rings. The number of anilines is 1. The summed E-state index contributed by atoms with van der Waals surface area (Å²) in [7, 11) is 0. The van der Waals surface area contributed by atoms with Gasteiger partial charge in [-0.05, 0) is 17.7 Å². The highest BCUT2D eigenvalue weighted by atomic mass is 32.1. The highest BCUT2D eigenvalue weighted by Crippen LogP contribution is 2.41. The first kappa shape index (κ1) is 15.3. The molecule has 3 rings (SSSR count). The lowest BCUT2D eigenvalue weighted by Gasteiger charge is -2.05. The molecule has 4 nitrogen and oxygen atoms in total. The van der Waals surface area contributed by atoms with E-state index in [1.165, 1.54) is 18.4 Å². The third-order valence-corrected chi connectivity index (χ3v) is 3.92. The average Bonchev–Trinajstić information content (AvgIpc) is 3.17. The molecule has 1 amide bonds. The molecule has 8 heteroatoms. The van der Waals surface area contributed by atoms with E-state index in [2.05, 4.69) is 10.3 Å². The SMILES string of the molecule is O=C(Nc1nc(C(F)(F)F)c(-c2ccccc2)s1)c1ccco1. The maximum atomic E-state index is 13.2. The van der Waals surface area contributed by atoms with Gasteiger partial charge in [-0.3, -0.25) is 10.1 Å². The van der Waals surface area contributed by atoms with Crippen molar-refractivity contribution in [2.75, 3.05) is 5.32 Å². The van der Waals surface area contributed by atoms with Crippen LogP contribution in [0.1, 0.15) is 16.2 Å². The van der Waals surface area contributed by atoms with Crippen LogP contribution in [0.2, 0.25) is 0 Å². The molecule has 0 radical (unpaired) electrons. The predicted molar refractivity (Wildman–Crippen MR) is 79.2 cm³/mol. The van der Waals surface area contributed by atoms with Crippen molar-refractivity contribution in [2.45, 2.75) is 6.18 Å². The quantitative estimate of drug-likeness (QED) is 0.755. The summed E-state index contributed by atoms with van der Waals surface area (Å²) in [6.45, 7) is 0. The lowest BCUT2D eigenvalue weighted by molar-refractivity contribution is -0.140. The van der Waals surface area contributed by atoms with E-state index in [0.29, 0.717) is 5.56 Å². The van der Waals surface area contributed by atoms with Gasteiger partial charge in [0.2, 0.25) is 0 Å². The molecule has 118 valence electrons. The highest BCUT2D eigenvalue weighted by Gasteiger charge is 2.38. The van der Waals surface area contributed by atoms with Gasteiger partial charge in [-0.1, -0.05) is 41.7 Å². The zero-order valence-electron chi connectivity index (χ0n) is 11.4. The molecule has 1 aromatic carbocycles. The maximum Gasteiger partial charge on any atom is 0.434 e. The average molecular weight is 338 g/mol. The summed E-state index contributed by atoms with van der Waals surface area (Å²) in [5.74, 6) is -0.660. The molecule has 0 aliphatic rings. The number of aromatic nitrogens is 1. The van der Waals surface area contributed by atoms with Crippen LogP contribution < -0.4 is 5.32 Å². The first-order valence-electron chi connectivity index (χ1n) is 6.43. The fourth-order valence-corrected chi connectivity index (χ4v) is 2.90. The van der Waals surface area contributed by atoms with Gasteiger partial charge in [-0.15, -0.1) is 0 Å². The second-order valence-corrected chi connectivity index (χ2v) is 5.49. The molecule has 0 unspecified atom stereocenters.